The van der Waals surface area contributed by atoms with Gasteiger partial charge in [0.15, 0.2) is 0 Å². The lowest BCUT2D eigenvalue weighted by atomic mass is 9.85. The van der Waals surface area contributed by atoms with Crippen LogP contribution in [0.3, 0.4) is 0 Å². The van der Waals surface area contributed by atoms with E-state index in [0.717, 1.165) is 38.2 Å². The summed E-state index contributed by atoms with van der Waals surface area (Å²) >= 11 is 23.6. The molecule has 3 aromatic carbocycles. The third kappa shape index (κ3) is 4.33. The van der Waals surface area contributed by atoms with Gasteiger partial charge in [-0.15, -0.1) is 0 Å². The Labute approximate surface area is 197 Å². The average molecular weight is 531 g/mol. The van der Waals surface area contributed by atoms with E-state index in [0.29, 0.717) is 10.2 Å². The van der Waals surface area contributed by atoms with Crippen LogP contribution in [0.1, 0.15) is 11.1 Å². The fraction of sp³-hybridized carbons (Fsp3) is 0.182. The molecule has 1 atom stereocenters. The van der Waals surface area contributed by atoms with Crippen LogP contribution in [0, 0.1) is 0 Å². The first-order valence-corrected chi connectivity index (χ1v) is 11.8. The normalized spacial score (nSPS) is 13.7. The molecule has 3 aromatic rings. The molecular weight excluding hydrogens is 511 g/mol. The van der Waals surface area contributed by atoms with Gasteiger partial charge in [0.05, 0.1) is 19.3 Å². The van der Waals surface area contributed by atoms with E-state index >= 15 is 0 Å². The lowest BCUT2D eigenvalue weighted by Crippen LogP contribution is -2.42. The molecule has 0 amide bonds. The molecule has 0 spiro atoms. The first-order valence-electron chi connectivity index (χ1n) is 8.87. The van der Waals surface area contributed by atoms with Crippen LogP contribution in [0.4, 0.5) is 0 Å². The zero-order valence-corrected chi connectivity index (χ0v) is 22.0. The average Bonchev–Trinajstić information content (AvgIpc) is 2.72. The van der Waals surface area contributed by atoms with Crippen molar-refractivity contribution in [2.75, 3.05) is 14.2 Å². The van der Waals surface area contributed by atoms with E-state index in [1.165, 1.54) is 0 Å². The Morgan fingerprint density at radius 2 is 1.38 bits per heavy atom. The molecule has 152 valence electrons. The summed E-state index contributed by atoms with van der Waals surface area (Å²) in [7, 11) is 3.83. The van der Waals surface area contributed by atoms with Crippen LogP contribution in [0.2, 0.25) is 0 Å². The highest BCUT2D eigenvalue weighted by molar-refractivity contribution is 9.10. The maximum Gasteiger partial charge on any atom is 0.200 e. The zero-order chi connectivity index (χ0) is 21.2. The van der Waals surface area contributed by atoms with E-state index in [-0.39, 0.29) is 0 Å². The second-order valence-electron chi connectivity index (χ2n) is 6.74. The van der Waals surface area contributed by atoms with E-state index < -0.39 is 8.83 Å². The summed E-state index contributed by atoms with van der Waals surface area (Å²) in [5.41, 5.74) is 3.81. The van der Waals surface area contributed by atoms with Gasteiger partial charge < -0.3 is 9.47 Å². The number of hydrogen-bond donors (Lipinski definition) is 0. The maximum atomic E-state index is 6.65. The van der Waals surface area contributed by atoms with Crippen molar-refractivity contribution in [3.8, 4) is 22.6 Å². The highest BCUT2D eigenvalue weighted by Crippen LogP contribution is 2.52. The van der Waals surface area contributed by atoms with Gasteiger partial charge in [-0.1, -0.05) is 87.1 Å². The highest BCUT2D eigenvalue weighted by atomic mass is 79.9. The van der Waals surface area contributed by atoms with Crippen molar-refractivity contribution in [2.24, 2.45) is 0 Å². The molecule has 0 N–H and O–H groups in total. The summed E-state index contributed by atoms with van der Waals surface area (Å²) in [6.45, 7) is 0. The lowest BCUT2D eigenvalue weighted by Gasteiger charge is -2.39. The van der Waals surface area contributed by atoms with Gasteiger partial charge in [-0.3, -0.25) is 0 Å². The Bertz CT molecular complexity index is 1010. The first kappa shape index (κ1) is 22.5. The van der Waals surface area contributed by atoms with Crippen molar-refractivity contribution < 1.29 is 9.47 Å². The van der Waals surface area contributed by atoms with Crippen molar-refractivity contribution in [2.45, 2.75) is 8.83 Å². The van der Waals surface area contributed by atoms with E-state index in [9.17, 15) is 0 Å². The summed E-state index contributed by atoms with van der Waals surface area (Å²) in [5.74, 6) is 1.49. The number of ether oxygens (including phenoxy) is 2. The van der Waals surface area contributed by atoms with Crippen LogP contribution in [-0.4, -0.2) is 28.3 Å². The standard InChI is InChI=1S/C22H20BrCl3O2Si/c1-27-15-9-7-14(8-10-15)21(29,22(24,25)26)19-12-11-16(28-2)13-18(19)17-5-3-4-6-20(17)23/h3-13H,1-2,29H3. The molecule has 0 radical (unpaired) electrons. The van der Waals surface area contributed by atoms with Crippen molar-refractivity contribution >= 4 is 61.0 Å². The second kappa shape index (κ2) is 8.91. The topological polar surface area (TPSA) is 18.5 Å². The number of methoxy groups -OCH3 is 2. The van der Waals surface area contributed by atoms with E-state index in [1.54, 1.807) is 14.2 Å². The summed E-state index contributed by atoms with van der Waals surface area (Å²) in [4.78, 5) is 0. The van der Waals surface area contributed by atoms with E-state index in [4.69, 9.17) is 44.3 Å². The van der Waals surface area contributed by atoms with Gasteiger partial charge >= 0.3 is 0 Å². The highest BCUT2D eigenvalue weighted by Gasteiger charge is 2.48. The van der Waals surface area contributed by atoms with Crippen molar-refractivity contribution in [1.82, 2.24) is 0 Å². The quantitative estimate of drug-likeness (QED) is 0.293. The minimum Gasteiger partial charge on any atom is -0.497 e. The molecule has 0 saturated carbocycles. The number of alkyl halides is 3. The lowest BCUT2D eigenvalue weighted by molar-refractivity contribution is 0.414. The molecule has 0 fully saturated rings. The van der Waals surface area contributed by atoms with Crippen LogP contribution in [0.15, 0.2) is 71.2 Å². The van der Waals surface area contributed by atoms with Gasteiger partial charge in [0.25, 0.3) is 0 Å². The minimum absolute atomic E-state index is 0.556. The molecule has 2 nitrogen and oxygen atoms in total. The minimum atomic E-state index is -1.56. The molecule has 0 aliphatic rings. The number of hydrogen-bond acceptors (Lipinski definition) is 2. The predicted molar refractivity (Wildman–Crippen MR) is 130 cm³/mol. The van der Waals surface area contributed by atoms with Crippen LogP contribution in [-0.2, 0) is 5.04 Å². The molecule has 0 bridgehead atoms. The maximum absolute atomic E-state index is 6.65. The van der Waals surface area contributed by atoms with Gasteiger partial charge in [-0.2, -0.15) is 0 Å². The van der Waals surface area contributed by atoms with E-state index in [2.05, 4.69) is 15.9 Å². The monoisotopic (exact) mass is 528 g/mol. The molecule has 0 aromatic heterocycles. The Kier molecular flexibility index (Phi) is 6.91. The fourth-order valence-corrected chi connectivity index (χ4v) is 5.29. The van der Waals surface area contributed by atoms with E-state index in [1.807, 2.05) is 66.7 Å². The van der Waals surface area contributed by atoms with Crippen molar-refractivity contribution in [3.05, 3.63) is 82.3 Å². The third-order valence-corrected chi connectivity index (χ3v) is 9.81. The summed E-state index contributed by atoms with van der Waals surface area (Å²) in [6.07, 6.45) is 0. The molecule has 0 aliphatic carbocycles. The molecule has 3 rings (SSSR count). The Balaban J connectivity index is 2.33. The molecule has 0 heterocycles. The molecule has 1 unspecified atom stereocenters. The summed E-state index contributed by atoms with van der Waals surface area (Å²) in [5, 5.41) is -0.805. The molecule has 0 aliphatic heterocycles. The van der Waals surface area contributed by atoms with Crippen LogP contribution in [0.25, 0.3) is 11.1 Å². The third-order valence-electron chi connectivity index (χ3n) is 5.16. The van der Waals surface area contributed by atoms with Gasteiger partial charge in [0, 0.05) is 14.7 Å². The van der Waals surface area contributed by atoms with Gasteiger partial charge in [-0.25, -0.2) is 0 Å². The Morgan fingerprint density at radius 1 is 0.793 bits per heavy atom. The Morgan fingerprint density at radius 3 is 1.93 bits per heavy atom. The smallest absolute Gasteiger partial charge is 0.200 e. The van der Waals surface area contributed by atoms with Gasteiger partial charge in [0.1, 0.15) is 11.5 Å². The van der Waals surface area contributed by atoms with Crippen molar-refractivity contribution in [1.29, 1.82) is 0 Å². The van der Waals surface area contributed by atoms with Gasteiger partial charge in [0.2, 0.25) is 3.79 Å². The molecule has 29 heavy (non-hydrogen) atoms. The number of benzene rings is 3. The largest absolute Gasteiger partial charge is 0.497 e. The number of halogens is 4. The van der Waals surface area contributed by atoms with Crippen LogP contribution < -0.4 is 9.47 Å². The summed E-state index contributed by atoms with van der Waals surface area (Å²) in [6, 6.07) is 21.6. The van der Waals surface area contributed by atoms with Crippen LogP contribution >= 0.6 is 50.7 Å². The van der Waals surface area contributed by atoms with Crippen LogP contribution in [0.5, 0.6) is 11.5 Å². The SMILES string of the molecule is COc1ccc(C([SiH3])(c2ccc(OC)cc2-c2ccccc2Br)C(Cl)(Cl)Cl)cc1. The first-order chi connectivity index (χ1) is 13.7. The summed E-state index contributed by atoms with van der Waals surface area (Å²) < 4.78 is 10.2. The Hall–Kier alpha value is -1.17. The molecular formula is C22H20BrCl3O2Si. The molecule has 7 heteroatoms. The zero-order valence-electron chi connectivity index (χ0n) is 16.2. The van der Waals surface area contributed by atoms with Crippen molar-refractivity contribution in [3.63, 3.8) is 0 Å². The van der Waals surface area contributed by atoms with Gasteiger partial charge in [-0.05, 0) is 52.6 Å². The fourth-order valence-electron chi connectivity index (χ4n) is 3.39. The number of rotatable bonds is 5. The predicted octanol–water partition coefficient (Wildman–Crippen LogP) is 6.11. The molecule has 0 saturated heterocycles. The second-order valence-corrected chi connectivity index (χ2v) is 11.4.